The number of methoxy groups -OCH3 is 3. The molecule has 0 spiro atoms. The Morgan fingerprint density at radius 1 is 0.750 bits per heavy atom. The summed E-state index contributed by atoms with van der Waals surface area (Å²) in [6, 6.07) is 21.6. The Balaban J connectivity index is 0.00000280. The van der Waals surface area contributed by atoms with E-state index >= 15 is 0 Å². The van der Waals surface area contributed by atoms with Gasteiger partial charge in [-0.3, -0.25) is 4.79 Å². The fourth-order valence-corrected chi connectivity index (χ4v) is 3.77. The van der Waals surface area contributed by atoms with E-state index < -0.39 is 0 Å². The molecule has 0 amide bonds. The molecule has 0 bridgehead atoms. The van der Waals surface area contributed by atoms with Gasteiger partial charge in [0.2, 0.25) is 0 Å². The van der Waals surface area contributed by atoms with Crippen molar-refractivity contribution in [2.45, 2.75) is 0 Å². The molecule has 28 heavy (non-hydrogen) atoms. The summed E-state index contributed by atoms with van der Waals surface area (Å²) in [4.78, 5) is 12.9. The van der Waals surface area contributed by atoms with E-state index in [4.69, 9.17) is 14.2 Å². The minimum atomic E-state index is -0.0428. The van der Waals surface area contributed by atoms with Gasteiger partial charge in [0.1, 0.15) is 22.8 Å². The summed E-state index contributed by atoms with van der Waals surface area (Å²) >= 11 is 0. The van der Waals surface area contributed by atoms with Crippen molar-refractivity contribution in [2.24, 2.45) is 0 Å². The summed E-state index contributed by atoms with van der Waals surface area (Å²) in [5, 5.41) is 0.958. The molecule has 0 aliphatic rings. The Kier molecular flexibility index (Phi) is 8.14. The van der Waals surface area contributed by atoms with Crippen molar-refractivity contribution in [3.63, 3.8) is 0 Å². The topological polar surface area (TPSA) is 44.8 Å². The number of benzene rings is 3. The summed E-state index contributed by atoms with van der Waals surface area (Å²) in [5.74, 6) is 1.48. The van der Waals surface area contributed by atoms with Crippen LogP contribution in [0.4, 0.5) is 0 Å². The molecule has 0 saturated carbocycles. The normalized spacial score (nSPS) is 10.4. The second-order valence-electron chi connectivity index (χ2n) is 5.80. The predicted molar refractivity (Wildman–Crippen MR) is 117 cm³/mol. The minimum absolute atomic E-state index is 0. The molecule has 0 saturated heterocycles. The number of hydrogen-bond donors (Lipinski definition) is 0. The molecule has 0 fully saturated rings. The Hall–Kier alpha value is -2.24. The van der Waals surface area contributed by atoms with E-state index in [-0.39, 0.29) is 33.0 Å². The van der Waals surface area contributed by atoms with Crippen LogP contribution in [0, 0.1) is 0 Å². The van der Waals surface area contributed by atoms with Gasteiger partial charge in [-0.1, -0.05) is 54.6 Å². The molecule has 3 rings (SSSR count). The third-order valence-electron chi connectivity index (χ3n) is 4.19. The van der Waals surface area contributed by atoms with Gasteiger partial charge >= 0.3 is 18.9 Å². The number of carbonyl (C=O) groups excluding carboxylic acids is 1. The molecule has 3 aromatic carbocycles. The van der Waals surface area contributed by atoms with E-state index in [1.54, 1.807) is 19.2 Å². The molecule has 0 aliphatic carbocycles. The molecule has 0 aliphatic heterocycles. The number of rotatable bonds is 7. The quantitative estimate of drug-likeness (QED) is 0.455. The molecular formula is C22H22LiO4P. The van der Waals surface area contributed by atoms with Crippen molar-refractivity contribution < 1.29 is 19.0 Å². The van der Waals surface area contributed by atoms with Gasteiger partial charge in [0.05, 0.1) is 21.3 Å². The van der Waals surface area contributed by atoms with Gasteiger partial charge in [-0.25, -0.2) is 0 Å². The van der Waals surface area contributed by atoms with E-state index in [1.165, 1.54) is 14.2 Å². The van der Waals surface area contributed by atoms with Crippen molar-refractivity contribution in [2.75, 3.05) is 21.3 Å². The van der Waals surface area contributed by atoms with E-state index in [0.717, 1.165) is 16.4 Å². The van der Waals surface area contributed by atoms with Gasteiger partial charge in [-0.05, 0) is 25.0 Å². The molecule has 1 atom stereocenters. The number of carbonyl (C=O) groups is 1. The molecule has 0 heterocycles. The van der Waals surface area contributed by atoms with Crippen molar-refractivity contribution in [1.29, 1.82) is 0 Å². The van der Waals surface area contributed by atoms with Crippen LogP contribution in [0.5, 0.6) is 17.2 Å². The Morgan fingerprint density at radius 2 is 1.29 bits per heavy atom. The van der Waals surface area contributed by atoms with Gasteiger partial charge in [0, 0.05) is 12.1 Å². The van der Waals surface area contributed by atoms with E-state index in [1.807, 2.05) is 42.5 Å². The van der Waals surface area contributed by atoms with Gasteiger partial charge in [-0.2, -0.15) is 0 Å². The molecule has 4 nitrogen and oxygen atoms in total. The molecule has 0 N–H and O–H groups in total. The predicted octanol–water partition coefficient (Wildman–Crippen LogP) is 3.88. The Labute approximate surface area is 179 Å². The van der Waals surface area contributed by atoms with Crippen LogP contribution < -0.4 is 19.5 Å². The van der Waals surface area contributed by atoms with Gasteiger partial charge in [0.25, 0.3) is 0 Å². The van der Waals surface area contributed by atoms with Crippen LogP contribution in [-0.4, -0.2) is 45.7 Å². The standard InChI is InChI=1S/C22H21O4P.Li.H/c1-24-17-13-19(25-2)21(20(14-17)26-3)22(23)27-18-11-9-16(10-12-18)15-7-5-4-6-8-15;;/h4-14,27H,1-3H3;;. The summed E-state index contributed by atoms with van der Waals surface area (Å²) in [5.41, 5.74) is 2.67. The van der Waals surface area contributed by atoms with Crippen molar-refractivity contribution >= 4 is 38.3 Å². The molecule has 3 aromatic rings. The summed E-state index contributed by atoms with van der Waals surface area (Å²) in [6.45, 7) is 0. The van der Waals surface area contributed by atoms with Gasteiger partial charge < -0.3 is 14.2 Å². The van der Waals surface area contributed by atoms with E-state index in [0.29, 0.717) is 22.8 Å². The third kappa shape index (κ3) is 4.97. The molecule has 140 valence electrons. The summed E-state index contributed by atoms with van der Waals surface area (Å²) in [6.07, 6.45) is 0. The van der Waals surface area contributed by atoms with Crippen LogP contribution in [0.3, 0.4) is 0 Å². The van der Waals surface area contributed by atoms with Crippen LogP contribution in [0.2, 0.25) is 0 Å². The van der Waals surface area contributed by atoms with E-state index in [9.17, 15) is 4.79 Å². The molecule has 1 unspecified atom stereocenters. The summed E-state index contributed by atoms with van der Waals surface area (Å²) < 4.78 is 16.0. The van der Waals surface area contributed by atoms with E-state index in [2.05, 4.69) is 12.1 Å². The van der Waals surface area contributed by atoms with Crippen LogP contribution >= 0.6 is 8.58 Å². The first-order chi connectivity index (χ1) is 13.2. The fourth-order valence-electron chi connectivity index (χ4n) is 2.80. The first-order valence-electron chi connectivity index (χ1n) is 8.43. The van der Waals surface area contributed by atoms with Crippen molar-refractivity contribution in [3.8, 4) is 28.4 Å². The Bertz CT molecular complexity index is 902. The van der Waals surface area contributed by atoms with Crippen LogP contribution in [-0.2, 0) is 0 Å². The van der Waals surface area contributed by atoms with Crippen LogP contribution in [0.25, 0.3) is 11.1 Å². The fraction of sp³-hybridized carbons (Fsp3) is 0.136. The first-order valence-corrected chi connectivity index (χ1v) is 9.43. The van der Waals surface area contributed by atoms with Crippen molar-refractivity contribution in [3.05, 3.63) is 72.3 Å². The first kappa shape index (κ1) is 22.1. The molecule has 0 radical (unpaired) electrons. The number of ether oxygens (including phenoxy) is 3. The van der Waals surface area contributed by atoms with Gasteiger partial charge in [-0.15, -0.1) is 0 Å². The SMILES string of the molecule is COc1cc(OC)c(C(=O)Pc2ccc(-c3ccccc3)cc2)c(OC)c1.[LiH]. The maximum atomic E-state index is 12.9. The zero-order chi connectivity index (χ0) is 19.2. The van der Waals surface area contributed by atoms with Crippen molar-refractivity contribution in [1.82, 2.24) is 0 Å². The Morgan fingerprint density at radius 3 is 1.79 bits per heavy atom. The second-order valence-corrected chi connectivity index (χ2v) is 7.09. The number of hydrogen-bond acceptors (Lipinski definition) is 4. The monoisotopic (exact) mass is 388 g/mol. The molecule has 6 heteroatoms. The zero-order valence-corrected chi connectivity index (χ0v) is 16.5. The molecular weight excluding hydrogens is 366 g/mol. The maximum absolute atomic E-state index is 12.9. The third-order valence-corrected chi connectivity index (χ3v) is 5.29. The average Bonchev–Trinajstić information content (AvgIpc) is 2.73. The van der Waals surface area contributed by atoms with Gasteiger partial charge in [0.15, 0.2) is 5.52 Å². The van der Waals surface area contributed by atoms with Crippen LogP contribution in [0.1, 0.15) is 10.4 Å². The summed E-state index contributed by atoms with van der Waals surface area (Å²) in [7, 11) is 4.59. The second kappa shape index (κ2) is 10.3. The average molecular weight is 388 g/mol. The molecule has 0 aromatic heterocycles. The van der Waals surface area contributed by atoms with Crippen LogP contribution in [0.15, 0.2) is 66.7 Å². The zero-order valence-electron chi connectivity index (χ0n) is 15.5.